The van der Waals surface area contributed by atoms with Crippen molar-refractivity contribution in [3.63, 3.8) is 0 Å². The summed E-state index contributed by atoms with van der Waals surface area (Å²) < 4.78 is 5.95. The second kappa shape index (κ2) is 10.9. The molecule has 0 aliphatic carbocycles. The van der Waals surface area contributed by atoms with Gasteiger partial charge in [-0.3, -0.25) is 9.79 Å². The van der Waals surface area contributed by atoms with Crippen LogP contribution in [0.15, 0.2) is 23.2 Å². The monoisotopic (exact) mass is 388 g/mol. The number of amides is 1. The minimum Gasteiger partial charge on any atom is -0.491 e. The molecule has 28 heavy (non-hydrogen) atoms. The molecule has 0 bridgehead atoms. The average Bonchev–Trinajstić information content (AvgIpc) is 3.08. The first kappa shape index (κ1) is 22.1. The number of nitrogens with zero attached hydrogens (tertiary/aromatic N) is 2. The number of aliphatic imine (C=N–C) groups is 1. The molecule has 2 N–H and O–H groups in total. The van der Waals surface area contributed by atoms with Crippen LogP contribution in [-0.2, 0) is 11.3 Å². The third-order valence-corrected chi connectivity index (χ3v) is 5.05. The Morgan fingerprint density at radius 2 is 2.11 bits per heavy atom. The topological polar surface area (TPSA) is 66.0 Å². The molecule has 1 atom stereocenters. The van der Waals surface area contributed by atoms with E-state index >= 15 is 0 Å². The van der Waals surface area contributed by atoms with E-state index in [1.807, 2.05) is 18.7 Å². The molecule has 0 saturated carbocycles. The molecular weight excluding hydrogens is 352 g/mol. The van der Waals surface area contributed by atoms with Gasteiger partial charge in [0.1, 0.15) is 5.75 Å². The smallest absolute Gasteiger partial charge is 0.222 e. The molecule has 1 amide bonds. The van der Waals surface area contributed by atoms with Gasteiger partial charge in [-0.1, -0.05) is 19.1 Å². The van der Waals surface area contributed by atoms with Crippen molar-refractivity contribution in [2.24, 2.45) is 4.99 Å². The Labute approximate surface area is 169 Å². The van der Waals surface area contributed by atoms with Crippen LogP contribution in [0.25, 0.3) is 0 Å². The molecule has 1 fully saturated rings. The van der Waals surface area contributed by atoms with Gasteiger partial charge in [-0.2, -0.15) is 0 Å². The van der Waals surface area contributed by atoms with Crippen molar-refractivity contribution >= 4 is 11.9 Å². The summed E-state index contributed by atoms with van der Waals surface area (Å²) >= 11 is 0. The average molecular weight is 389 g/mol. The van der Waals surface area contributed by atoms with Crippen molar-refractivity contribution in [2.75, 3.05) is 20.1 Å². The lowest BCUT2D eigenvalue weighted by atomic mass is 10.1. The summed E-state index contributed by atoms with van der Waals surface area (Å²) in [5.74, 6) is 1.97. The van der Waals surface area contributed by atoms with Crippen LogP contribution in [0.4, 0.5) is 0 Å². The Morgan fingerprint density at radius 1 is 1.32 bits per heavy atom. The summed E-state index contributed by atoms with van der Waals surface area (Å²) in [6.07, 6.45) is 3.74. The van der Waals surface area contributed by atoms with Gasteiger partial charge < -0.3 is 20.3 Å². The molecule has 6 nitrogen and oxygen atoms in total. The molecule has 1 aromatic rings. The van der Waals surface area contributed by atoms with Crippen LogP contribution in [0.1, 0.15) is 57.6 Å². The van der Waals surface area contributed by atoms with Crippen LogP contribution in [0.3, 0.4) is 0 Å². The molecule has 156 valence electrons. The highest BCUT2D eigenvalue weighted by atomic mass is 16.5. The van der Waals surface area contributed by atoms with Crippen LogP contribution >= 0.6 is 0 Å². The van der Waals surface area contributed by atoms with Gasteiger partial charge in [-0.15, -0.1) is 0 Å². The van der Waals surface area contributed by atoms with E-state index in [2.05, 4.69) is 47.7 Å². The number of rotatable bonds is 9. The molecule has 1 saturated heterocycles. The van der Waals surface area contributed by atoms with E-state index in [1.165, 1.54) is 5.56 Å². The normalized spacial score (nSPS) is 15.9. The van der Waals surface area contributed by atoms with E-state index in [9.17, 15) is 4.79 Å². The fourth-order valence-electron chi connectivity index (χ4n) is 3.56. The first-order valence-electron chi connectivity index (χ1n) is 10.4. The maximum absolute atomic E-state index is 12.0. The fourth-order valence-corrected chi connectivity index (χ4v) is 3.56. The minimum atomic E-state index is 0.136. The van der Waals surface area contributed by atoms with Crippen molar-refractivity contribution in [3.05, 3.63) is 29.3 Å². The Morgan fingerprint density at radius 3 is 2.71 bits per heavy atom. The number of nitrogens with one attached hydrogen (secondary N) is 2. The Kier molecular flexibility index (Phi) is 8.61. The van der Waals surface area contributed by atoms with Crippen molar-refractivity contribution in [2.45, 2.75) is 72.1 Å². The molecule has 0 aromatic heterocycles. The Bertz CT molecular complexity index is 673. The number of guanidine groups is 1. The Hall–Kier alpha value is -2.24. The highest BCUT2D eigenvalue weighted by Gasteiger charge is 2.26. The van der Waals surface area contributed by atoms with Crippen LogP contribution in [0, 0.1) is 6.92 Å². The second-order valence-electron chi connectivity index (χ2n) is 7.67. The summed E-state index contributed by atoms with van der Waals surface area (Å²) in [6, 6.07) is 6.58. The van der Waals surface area contributed by atoms with E-state index in [4.69, 9.17) is 4.74 Å². The third kappa shape index (κ3) is 6.43. The number of likely N-dealkylation sites (tertiary alicyclic amines) is 1. The number of carbonyl (C=O) groups excluding carboxylic acids is 1. The van der Waals surface area contributed by atoms with Crippen molar-refractivity contribution in [1.82, 2.24) is 15.5 Å². The first-order chi connectivity index (χ1) is 13.4. The van der Waals surface area contributed by atoms with Crippen LogP contribution in [0.2, 0.25) is 0 Å². The zero-order valence-electron chi connectivity index (χ0n) is 18.0. The van der Waals surface area contributed by atoms with E-state index in [0.717, 1.165) is 49.6 Å². The lowest BCUT2D eigenvalue weighted by molar-refractivity contribution is -0.129. The third-order valence-electron chi connectivity index (χ3n) is 5.05. The minimum absolute atomic E-state index is 0.136. The van der Waals surface area contributed by atoms with E-state index in [1.54, 1.807) is 7.05 Å². The van der Waals surface area contributed by atoms with Crippen molar-refractivity contribution < 1.29 is 9.53 Å². The summed E-state index contributed by atoms with van der Waals surface area (Å²) in [5.41, 5.74) is 2.29. The SMILES string of the molecule is CCC(CCNC(=NC)NCc1ccc(C)cc1OC(C)C)N1CCCC1=O. The van der Waals surface area contributed by atoms with Crippen LogP contribution in [0.5, 0.6) is 5.75 Å². The van der Waals surface area contributed by atoms with Crippen molar-refractivity contribution in [1.29, 1.82) is 0 Å². The number of ether oxygens (including phenoxy) is 1. The fraction of sp³-hybridized carbons (Fsp3) is 0.636. The number of hydrogen-bond acceptors (Lipinski definition) is 3. The van der Waals surface area contributed by atoms with Gasteiger partial charge in [0.25, 0.3) is 0 Å². The highest BCUT2D eigenvalue weighted by molar-refractivity contribution is 5.80. The summed E-state index contributed by atoms with van der Waals surface area (Å²) in [5, 5.41) is 6.74. The molecule has 0 spiro atoms. The first-order valence-corrected chi connectivity index (χ1v) is 10.4. The number of carbonyl (C=O) groups is 1. The van der Waals surface area contributed by atoms with Gasteiger partial charge in [0.15, 0.2) is 5.96 Å². The van der Waals surface area contributed by atoms with Crippen molar-refractivity contribution in [3.8, 4) is 5.75 Å². The highest BCUT2D eigenvalue weighted by Crippen LogP contribution is 2.21. The van der Waals surface area contributed by atoms with Gasteiger partial charge in [-0.05, 0) is 51.7 Å². The molecule has 6 heteroatoms. The molecule has 1 heterocycles. The van der Waals surface area contributed by atoms with E-state index in [0.29, 0.717) is 24.9 Å². The lowest BCUT2D eigenvalue weighted by Gasteiger charge is -2.27. The molecule has 1 aromatic carbocycles. The Balaban J connectivity index is 1.85. The maximum Gasteiger partial charge on any atom is 0.222 e. The predicted octanol–water partition coefficient (Wildman–Crippen LogP) is 3.24. The number of aryl methyl sites for hydroxylation is 1. The zero-order chi connectivity index (χ0) is 20.5. The zero-order valence-corrected chi connectivity index (χ0v) is 18.0. The van der Waals surface area contributed by atoms with Gasteiger partial charge >= 0.3 is 0 Å². The van der Waals surface area contributed by atoms with Crippen LogP contribution in [-0.4, -0.2) is 49.0 Å². The lowest BCUT2D eigenvalue weighted by Crippen LogP contribution is -2.41. The van der Waals surface area contributed by atoms with Gasteiger partial charge in [0.2, 0.25) is 5.91 Å². The van der Waals surface area contributed by atoms with E-state index < -0.39 is 0 Å². The maximum atomic E-state index is 12.0. The molecule has 1 aliphatic heterocycles. The largest absolute Gasteiger partial charge is 0.491 e. The van der Waals surface area contributed by atoms with Crippen LogP contribution < -0.4 is 15.4 Å². The molecule has 0 radical (unpaired) electrons. The standard InChI is InChI=1S/C22H36N4O2/c1-6-19(26-13-7-8-21(26)27)11-12-24-22(23-5)25-15-18-10-9-17(4)14-20(18)28-16(2)3/h9-10,14,16,19H,6-8,11-13,15H2,1-5H3,(H2,23,24,25). The molecule has 1 aliphatic rings. The number of benzene rings is 1. The predicted molar refractivity (Wildman–Crippen MR) is 115 cm³/mol. The van der Waals surface area contributed by atoms with E-state index in [-0.39, 0.29) is 6.10 Å². The summed E-state index contributed by atoms with van der Waals surface area (Å²) in [7, 11) is 1.78. The molecule has 1 unspecified atom stereocenters. The van der Waals surface area contributed by atoms with Gasteiger partial charge in [0, 0.05) is 44.7 Å². The summed E-state index contributed by atoms with van der Waals surface area (Å²) in [4.78, 5) is 18.3. The van der Waals surface area contributed by atoms with Gasteiger partial charge in [0.05, 0.1) is 6.10 Å². The summed E-state index contributed by atoms with van der Waals surface area (Å²) in [6.45, 7) is 10.6. The molecular formula is C22H36N4O2. The number of hydrogen-bond donors (Lipinski definition) is 2. The quantitative estimate of drug-likeness (QED) is 0.503. The second-order valence-corrected chi connectivity index (χ2v) is 7.67. The van der Waals surface area contributed by atoms with Gasteiger partial charge in [-0.25, -0.2) is 0 Å². The molecule has 2 rings (SSSR count).